The van der Waals surface area contributed by atoms with Gasteiger partial charge in [-0.25, -0.2) is 0 Å². The van der Waals surface area contributed by atoms with Crippen LogP contribution in [0.1, 0.15) is 32.5 Å². The van der Waals surface area contributed by atoms with Crippen LogP contribution in [0.15, 0.2) is 42.5 Å². The fraction of sp³-hybridized carbons (Fsp3) is 0.222. The van der Waals surface area contributed by atoms with Gasteiger partial charge in [0.05, 0.1) is 22.7 Å². The van der Waals surface area contributed by atoms with Crippen molar-refractivity contribution in [1.82, 2.24) is 15.5 Å². The minimum Gasteiger partial charge on any atom is -0.346 e. The number of hydrogen-bond acceptors (Lipinski definition) is 4. The van der Waals surface area contributed by atoms with Gasteiger partial charge in [-0.05, 0) is 42.7 Å². The molecule has 0 saturated heterocycles. The molecule has 1 aliphatic carbocycles. The van der Waals surface area contributed by atoms with Crippen LogP contribution in [-0.2, 0) is 6.42 Å². The highest BCUT2D eigenvalue weighted by atomic mass is 35.5. The number of nitrogens with two attached hydrogens (primary N) is 1. The van der Waals surface area contributed by atoms with Gasteiger partial charge in [-0.3, -0.25) is 9.89 Å². The number of fused-ring (bicyclic) bond motifs is 1. The number of amides is 1. The number of aromatic amines is 1. The standard InChI is InChI=1S/C18H18N4OS.ClH/c1-10-6-7-16(24-10)13-9-15(22-21-13)18(23)20-14-8-11-4-2-3-5-12(11)17(14)19;/h2-7,9,14,17H,8,19H2,1H3,(H,20,23)(H,21,22);1H/t14-,17-;/m0./s1. The number of aryl methyl sites for hydroxylation is 1. The maximum Gasteiger partial charge on any atom is 0.272 e. The van der Waals surface area contributed by atoms with E-state index in [-0.39, 0.29) is 30.4 Å². The SMILES string of the molecule is Cc1ccc(-c2cc(C(=O)N[C@H]3Cc4ccccc4[C@@H]3N)n[nH]2)s1.Cl. The number of nitrogens with one attached hydrogen (secondary N) is 2. The zero-order valence-electron chi connectivity index (χ0n) is 13.7. The number of aromatic nitrogens is 2. The number of carbonyl (C=O) groups is 1. The van der Waals surface area contributed by atoms with Crippen molar-refractivity contribution in [3.05, 3.63) is 64.2 Å². The summed E-state index contributed by atoms with van der Waals surface area (Å²) in [4.78, 5) is 14.8. The molecule has 0 unspecified atom stereocenters. The molecule has 130 valence electrons. The van der Waals surface area contributed by atoms with E-state index < -0.39 is 0 Å². The number of hydrogen-bond donors (Lipinski definition) is 3. The fourth-order valence-corrected chi connectivity index (χ4v) is 3.99. The summed E-state index contributed by atoms with van der Waals surface area (Å²) in [6.07, 6.45) is 0.754. The minimum atomic E-state index is -0.195. The Kier molecular flexibility index (Phi) is 4.94. The predicted molar refractivity (Wildman–Crippen MR) is 102 cm³/mol. The Balaban J connectivity index is 0.00000182. The number of halogens is 1. The van der Waals surface area contributed by atoms with E-state index in [1.54, 1.807) is 17.4 Å². The van der Waals surface area contributed by atoms with Crippen molar-refractivity contribution in [2.45, 2.75) is 25.4 Å². The topological polar surface area (TPSA) is 83.8 Å². The molecule has 1 aromatic carbocycles. The van der Waals surface area contributed by atoms with Crippen LogP contribution in [0.2, 0.25) is 0 Å². The van der Waals surface area contributed by atoms with Crippen LogP contribution in [0.25, 0.3) is 10.6 Å². The molecule has 0 spiro atoms. The molecule has 5 nitrogen and oxygen atoms in total. The Morgan fingerprint density at radius 2 is 2.12 bits per heavy atom. The van der Waals surface area contributed by atoms with Crippen LogP contribution >= 0.6 is 23.7 Å². The average Bonchev–Trinajstić information content (AvgIpc) is 3.28. The van der Waals surface area contributed by atoms with E-state index in [9.17, 15) is 4.79 Å². The third-order valence-corrected chi connectivity index (χ3v) is 5.45. The van der Waals surface area contributed by atoms with Gasteiger partial charge in [0.2, 0.25) is 0 Å². The molecule has 7 heteroatoms. The second-order valence-corrected chi connectivity index (χ2v) is 7.37. The number of carbonyl (C=O) groups excluding carboxylic acids is 1. The van der Waals surface area contributed by atoms with Gasteiger partial charge in [0.1, 0.15) is 0 Å². The fourth-order valence-electron chi connectivity index (χ4n) is 3.15. The van der Waals surface area contributed by atoms with Crippen LogP contribution in [0.3, 0.4) is 0 Å². The number of H-pyrrole nitrogens is 1. The second-order valence-electron chi connectivity index (χ2n) is 6.09. The summed E-state index contributed by atoms with van der Waals surface area (Å²) in [5, 5.41) is 10.1. The maximum atomic E-state index is 12.5. The van der Waals surface area contributed by atoms with Gasteiger partial charge in [-0.15, -0.1) is 23.7 Å². The zero-order valence-corrected chi connectivity index (χ0v) is 15.3. The third kappa shape index (κ3) is 3.33. The van der Waals surface area contributed by atoms with Crippen LogP contribution in [0, 0.1) is 6.92 Å². The molecule has 0 fully saturated rings. The summed E-state index contributed by atoms with van der Waals surface area (Å²) in [7, 11) is 0. The van der Waals surface area contributed by atoms with E-state index in [1.165, 1.54) is 10.4 Å². The Hall–Kier alpha value is -2.15. The second kappa shape index (κ2) is 7.00. The Morgan fingerprint density at radius 1 is 1.32 bits per heavy atom. The van der Waals surface area contributed by atoms with Gasteiger partial charge in [0.15, 0.2) is 5.69 Å². The van der Waals surface area contributed by atoms with Gasteiger partial charge in [-0.1, -0.05) is 24.3 Å². The first-order valence-corrected chi connectivity index (χ1v) is 8.70. The molecule has 0 aliphatic heterocycles. The molecule has 4 rings (SSSR count). The normalized spacial score (nSPS) is 18.5. The minimum absolute atomic E-state index is 0. The molecule has 2 aromatic heterocycles. The molecule has 25 heavy (non-hydrogen) atoms. The lowest BCUT2D eigenvalue weighted by Crippen LogP contribution is -2.40. The summed E-state index contributed by atoms with van der Waals surface area (Å²) in [6, 6.07) is 13.7. The van der Waals surface area contributed by atoms with Crippen molar-refractivity contribution >= 4 is 29.7 Å². The molecule has 1 amide bonds. The van der Waals surface area contributed by atoms with Crippen molar-refractivity contribution in [1.29, 1.82) is 0 Å². The molecule has 0 bridgehead atoms. The quantitative estimate of drug-likeness (QED) is 0.658. The lowest BCUT2D eigenvalue weighted by atomic mass is 10.1. The van der Waals surface area contributed by atoms with Crippen LogP contribution in [0.5, 0.6) is 0 Å². The van der Waals surface area contributed by atoms with Crippen molar-refractivity contribution < 1.29 is 4.79 Å². The van der Waals surface area contributed by atoms with Crippen molar-refractivity contribution in [2.75, 3.05) is 0 Å². The maximum absolute atomic E-state index is 12.5. The van der Waals surface area contributed by atoms with E-state index >= 15 is 0 Å². The number of benzene rings is 1. The van der Waals surface area contributed by atoms with Crippen molar-refractivity contribution in [3.63, 3.8) is 0 Å². The Bertz CT molecular complexity index is 904. The zero-order chi connectivity index (χ0) is 16.7. The highest BCUT2D eigenvalue weighted by Gasteiger charge is 2.31. The summed E-state index contributed by atoms with van der Waals surface area (Å²) >= 11 is 1.67. The van der Waals surface area contributed by atoms with Crippen LogP contribution in [0.4, 0.5) is 0 Å². The summed E-state index contributed by atoms with van der Waals surface area (Å²) < 4.78 is 0. The van der Waals surface area contributed by atoms with Crippen LogP contribution < -0.4 is 11.1 Å². The van der Waals surface area contributed by atoms with Gasteiger partial charge in [0.25, 0.3) is 5.91 Å². The van der Waals surface area contributed by atoms with Gasteiger partial charge >= 0.3 is 0 Å². The third-order valence-electron chi connectivity index (χ3n) is 4.42. The van der Waals surface area contributed by atoms with E-state index in [2.05, 4.69) is 34.6 Å². The molecular formula is C18H19ClN4OS. The monoisotopic (exact) mass is 374 g/mol. The molecule has 0 radical (unpaired) electrons. The smallest absolute Gasteiger partial charge is 0.272 e. The Labute approximate surface area is 156 Å². The number of nitrogens with zero attached hydrogens (tertiary/aromatic N) is 1. The van der Waals surface area contributed by atoms with Crippen molar-refractivity contribution in [2.24, 2.45) is 5.73 Å². The van der Waals surface area contributed by atoms with E-state index in [0.717, 1.165) is 22.6 Å². The summed E-state index contributed by atoms with van der Waals surface area (Å²) in [5.41, 5.74) is 9.83. The highest BCUT2D eigenvalue weighted by Crippen LogP contribution is 2.30. The first-order chi connectivity index (χ1) is 11.6. The largest absolute Gasteiger partial charge is 0.346 e. The highest BCUT2D eigenvalue weighted by molar-refractivity contribution is 7.15. The molecule has 3 aromatic rings. The lowest BCUT2D eigenvalue weighted by Gasteiger charge is -2.17. The summed E-state index contributed by atoms with van der Waals surface area (Å²) in [6.45, 7) is 2.05. The lowest BCUT2D eigenvalue weighted by molar-refractivity contribution is 0.0928. The van der Waals surface area contributed by atoms with Gasteiger partial charge in [0, 0.05) is 4.88 Å². The molecule has 2 atom stereocenters. The molecule has 1 aliphatic rings. The predicted octanol–water partition coefficient (Wildman–Crippen LogP) is 3.22. The Morgan fingerprint density at radius 3 is 2.84 bits per heavy atom. The molecular weight excluding hydrogens is 356 g/mol. The number of rotatable bonds is 3. The molecule has 0 saturated carbocycles. The molecule has 4 N–H and O–H groups in total. The first kappa shape index (κ1) is 17.7. The first-order valence-electron chi connectivity index (χ1n) is 7.88. The average molecular weight is 375 g/mol. The van der Waals surface area contributed by atoms with Gasteiger partial charge in [-0.2, -0.15) is 5.10 Å². The summed E-state index contributed by atoms with van der Waals surface area (Å²) in [5.74, 6) is -0.195. The van der Waals surface area contributed by atoms with Crippen LogP contribution in [-0.4, -0.2) is 22.1 Å². The molecule has 2 heterocycles. The van der Waals surface area contributed by atoms with E-state index in [1.807, 2.05) is 24.3 Å². The van der Waals surface area contributed by atoms with Gasteiger partial charge < -0.3 is 11.1 Å². The van der Waals surface area contributed by atoms with E-state index in [4.69, 9.17) is 5.73 Å². The van der Waals surface area contributed by atoms with E-state index in [0.29, 0.717) is 5.69 Å². The number of thiophene rings is 1. The van der Waals surface area contributed by atoms with Crippen molar-refractivity contribution in [3.8, 4) is 10.6 Å².